The van der Waals surface area contributed by atoms with Gasteiger partial charge in [-0.1, -0.05) is 53.7 Å². The normalized spacial score (nSPS) is 10.9. The van der Waals surface area contributed by atoms with Crippen LogP contribution in [0.5, 0.6) is 0 Å². The van der Waals surface area contributed by atoms with Gasteiger partial charge in [0.05, 0.1) is 11.3 Å². The first-order valence-corrected chi connectivity index (χ1v) is 9.21. The number of benzene rings is 3. The first kappa shape index (κ1) is 17.1. The minimum atomic E-state index is -0.286. The summed E-state index contributed by atoms with van der Waals surface area (Å²) < 4.78 is 20.8. The lowest BCUT2D eigenvalue weighted by molar-refractivity contribution is 0.435. The zero-order valence-corrected chi connectivity index (χ0v) is 15.4. The lowest BCUT2D eigenvalue weighted by atomic mass is 10.1. The monoisotopic (exact) mass is 381 g/mol. The summed E-state index contributed by atoms with van der Waals surface area (Å²) in [7, 11) is 0. The molecule has 2 heterocycles. The third-order valence-corrected chi connectivity index (χ3v) is 4.70. The molecule has 3 aromatic carbocycles. The Morgan fingerprint density at radius 2 is 1.45 bits per heavy atom. The third-order valence-electron chi connectivity index (χ3n) is 4.70. The molecule has 4 nitrogen and oxygen atoms in total. The molecule has 0 saturated carbocycles. The molecule has 0 saturated heterocycles. The number of nitrogens with zero attached hydrogens (tertiary/aromatic N) is 3. The second-order valence-electron chi connectivity index (χ2n) is 6.62. The quantitative estimate of drug-likeness (QED) is 0.383. The van der Waals surface area contributed by atoms with Gasteiger partial charge in [-0.15, -0.1) is 0 Å². The smallest absolute Gasteiger partial charge is 0.167 e. The maximum absolute atomic E-state index is 13.4. The van der Waals surface area contributed by atoms with Gasteiger partial charge in [-0.3, -0.25) is 0 Å². The van der Waals surface area contributed by atoms with E-state index in [1.165, 1.54) is 12.1 Å². The second-order valence-corrected chi connectivity index (χ2v) is 6.62. The molecule has 0 aliphatic carbocycles. The predicted molar refractivity (Wildman–Crippen MR) is 110 cm³/mol. The number of hydrogen-bond donors (Lipinski definition) is 0. The number of aromatic nitrogens is 3. The minimum Gasteiger partial charge on any atom is -0.356 e. The maximum Gasteiger partial charge on any atom is 0.167 e. The van der Waals surface area contributed by atoms with Crippen LogP contribution < -0.4 is 0 Å². The van der Waals surface area contributed by atoms with Crippen molar-refractivity contribution in [2.45, 2.75) is 0 Å². The summed E-state index contributed by atoms with van der Waals surface area (Å²) in [6, 6.07) is 27.8. The van der Waals surface area contributed by atoms with Gasteiger partial charge in [0.2, 0.25) is 0 Å². The van der Waals surface area contributed by atoms with Crippen molar-refractivity contribution >= 4 is 0 Å². The molecule has 0 radical (unpaired) electrons. The second kappa shape index (κ2) is 7.20. The molecule has 0 aliphatic rings. The van der Waals surface area contributed by atoms with Crippen molar-refractivity contribution in [1.29, 1.82) is 0 Å². The van der Waals surface area contributed by atoms with E-state index < -0.39 is 0 Å². The number of hydrogen-bond acceptors (Lipinski definition) is 3. The van der Waals surface area contributed by atoms with Gasteiger partial charge in [0.1, 0.15) is 17.2 Å². The lowest BCUT2D eigenvalue weighted by Crippen LogP contribution is -1.94. The Bertz CT molecular complexity index is 1240. The first-order valence-electron chi connectivity index (χ1n) is 9.21. The molecule has 0 amide bonds. The van der Waals surface area contributed by atoms with E-state index in [0.29, 0.717) is 17.1 Å². The summed E-state index contributed by atoms with van der Waals surface area (Å²) >= 11 is 0. The summed E-state index contributed by atoms with van der Waals surface area (Å²) in [6.07, 6.45) is 1.92. The summed E-state index contributed by atoms with van der Waals surface area (Å²) in [5, 5.41) is 9.02. The van der Waals surface area contributed by atoms with Crippen LogP contribution in [0.2, 0.25) is 0 Å². The largest absolute Gasteiger partial charge is 0.356 e. The zero-order valence-electron chi connectivity index (χ0n) is 15.4. The number of rotatable bonds is 4. The van der Waals surface area contributed by atoms with Gasteiger partial charge in [0.25, 0.3) is 0 Å². The molecular weight excluding hydrogens is 365 g/mol. The molecule has 5 rings (SSSR count). The molecule has 0 unspecified atom stereocenters. The molecule has 2 aromatic heterocycles. The highest BCUT2D eigenvalue weighted by atomic mass is 19.1. The van der Waals surface area contributed by atoms with Crippen molar-refractivity contribution in [2.75, 3.05) is 0 Å². The maximum atomic E-state index is 13.4. The summed E-state index contributed by atoms with van der Waals surface area (Å²) in [6.45, 7) is 0. The lowest BCUT2D eigenvalue weighted by Gasteiger charge is -2.00. The van der Waals surface area contributed by atoms with Gasteiger partial charge < -0.3 is 4.52 Å². The van der Waals surface area contributed by atoms with E-state index in [-0.39, 0.29) is 5.82 Å². The molecule has 0 aliphatic heterocycles. The Morgan fingerprint density at radius 1 is 0.759 bits per heavy atom. The average Bonchev–Trinajstić information content (AvgIpc) is 3.43. The van der Waals surface area contributed by atoms with E-state index in [9.17, 15) is 4.39 Å². The fourth-order valence-electron chi connectivity index (χ4n) is 3.24. The third kappa shape index (κ3) is 3.34. The zero-order chi connectivity index (χ0) is 19.6. The summed E-state index contributed by atoms with van der Waals surface area (Å²) in [4.78, 5) is 0. The van der Waals surface area contributed by atoms with Crippen molar-refractivity contribution in [1.82, 2.24) is 14.9 Å². The highest BCUT2D eigenvalue weighted by molar-refractivity contribution is 5.80. The Balaban J connectivity index is 1.64. The summed E-state index contributed by atoms with van der Waals surface area (Å²) in [5.74, 6) is 0.392. The van der Waals surface area contributed by atoms with E-state index in [0.717, 1.165) is 22.4 Å². The van der Waals surface area contributed by atoms with Crippen molar-refractivity contribution < 1.29 is 8.91 Å². The molecule has 0 atom stereocenters. The van der Waals surface area contributed by atoms with Gasteiger partial charge in [-0.25, -0.2) is 9.07 Å². The van der Waals surface area contributed by atoms with E-state index in [1.807, 2.05) is 72.9 Å². The molecule has 5 heteroatoms. The van der Waals surface area contributed by atoms with E-state index in [4.69, 9.17) is 9.62 Å². The van der Waals surface area contributed by atoms with Crippen LogP contribution in [-0.2, 0) is 0 Å². The number of para-hydroxylation sites is 1. The van der Waals surface area contributed by atoms with Crippen molar-refractivity contribution in [3.05, 3.63) is 103 Å². The van der Waals surface area contributed by atoms with Crippen LogP contribution in [-0.4, -0.2) is 14.9 Å². The molecule has 0 bridgehead atoms. The van der Waals surface area contributed by atoms with E-state index in [1.54, 1.807) is 16.8 Å². The van der Waals surface area contributed by atoms with Crippen LogP contribution in [0.1, 0.15) is 0 Å². The van der Waals surface area contributed by atoms with Crippen LogP contribution in [0.4, 0.5) is 4.39 Å². The molecule has 0 spiro atoms. The Kier molecular flexibility index (Phi) is 4.26. The van der Waals surface area contributed by atoms with Crippen molar-refractivity contribution in [3.8, 4) is 39.5 Å². The molecule has 0 fully saturated rings. The number of halogens is 1. The highest BCUT2D eigenvalue weighted by Gasteiger charge is 2.18. The van der Waals surface area contributed by atoms with Gasteiger partial charge in [-0.05, 0) is 36.4 Å². The molecule has 5 aromatic rings. The van der Waals surface area contributed by atoms with Gasteiger partial charge >= 0.3 is 0 Å². The van der Waals surface area contributed by atoms with Crippen LogP contribution in [0.15, 0.2) is 102 Å². The molecule has 0 N–H and O–H groups in total. The van der Waals surface area contributed by atoms with Crippen LogP contribution in [0.3, 0.4) is 0 Å². The van der Waals surface area contributed by atoms with Crippen LogP contribution in [0, 0.1) is 5.82 Å². The first-order chi connectivity index (χ1) is 14.3. The molecule has 29 heavy (non-hydrogen) atoms. The highest BCUT2D eigenvalue weighted by Crippen LogP contribution is 2.33. The Hall–Kier alpha value is -3.99. The molecule has 140 valence electrons. The van der Waals surface area contributed by atoms with Crippen LogP contribution >= 0.6 is 0 Å². The van der Waals surface area contributed by atoms with Crippen LogP contribution in [0.25, 0.3) is 39.5 Å². The fraction of sp³-hybridized carbons (Fsp3) is 0. The topological polar surface area (TPSA) is 43.9 Å². The van der Waals surface area contributed by atoms with Gasteiger partial charge in [0.15, 0.2) is 5.76 Å². The average molecular weight is 381 g/mol. The summed E-state index contributed by atoms with van der Waals surface area (Å²) in [5.41, 5.74) is 4.87. The van der Waals surface area contributed by atoms with Crippen molar-refractivity contribution in [3.63, 3.8) is 0 Å². The standard InChI is InChI=1S/C24H16FN3O/c25-19-13-11-18(12-14-19)24-21(16-28(26-24)20-9-5-2-6-10-20)22-15-23(29-27-22)17-7-3-1-4-8-17/h1-16H. The predicted octanol–water partition coefficient (Wildman–Crippen LogP) is 6.00. The Labute approximate surface area is 166 Å². The Morgan fingerprint density at radius 3 is 2.17 bits per heavy atom. The van der Waals surface area contributed by atoms with E-state index in [2.05, 4.69) is 5.16 Å². The molecular formula is C24H16FN3O. The SMILES string of the molecule is Fc1ccc(-c2nn(-c3ccccc3)cc2-c2cc(-c3ccccc3)on2)cc1. The van der Waals surface area contributed by atoms with Gasteiger partial charge in [0, 0.05) is 23.4 Å². The minimum absolute atomic E-state index is 0.286. The fourth-order valence-corrected chi connectivity index (χ4v) is 3.24. The van der Waals surface area contributed by atoms with Crippen molar-refractivity contribution in [2.24, 2.45) is 0 Å². The van der Waals surface area contributed by atoms with Gasteiger partial charge in [-0.2, -0.15) is 5.10 Å². The van der Waals surface area contributed by atoms with E-state index >= 15 is 0 Å².